The number of thioether (sulfide) groups is 1. The fourth-order valence-corrected chi connectivity index (χ4v) is 5.62. The molecule has 0 N–H and O–H groups in total. The van der Waals surface area contributed by atoms with Crippen molar-refractivity contribution in [2.24, 2.45) is 0 Å². The second kappa shape index (κ2) is 10.5. The van der Waals surface area contributed by atoms with Gasteiger partial charge in [0.2, 0.25) is 0 Å². The van der Waals surface area contributed by atoms with Crippen LogP contribution in [0.15, 0.2) is 50.8 Å². The molecule has 0 amide bonds. The summed E-state index contributed by atoms with van der Waals surface area (Å²) < 4.78 is 2.79. The molecule has 1 aliphatic heterocycles. The smallest absolute Gasteiger partial charge is 0.262 e. The quantitative estimate of drug-likeness (QED) is 0.337. The largest absolute Gasteiger partial charge is 0.304 e. The fraction of sp³-hybridized carbons (Fsp3) is 0.440. The molecule has 0 saturated carbocycles. The van der Waals surface area contributed by atoms with E-state index < -0.39 is 0 Å². The Balaban J connectivity index is 1.56. The highest BCUT2D eigenvalue weighted by Crippen LogP contribution is 2.25. The number of rotatable bonds is 7. The van der Waals surface area contributed by atoms with Crippen molar-refractivity contribution >= 4 is 38.6 Å². The summed E-state index contributed by atoms with van der Waals surface area (Å²) in [4.78, 5) is 23.2. The van der Waals surface area contributed by atoms with Crippen molar-refractivity contribution in [1.29, 1.82) is 0 Å². The van der Waals surface area contributed by atoms with Crippen LogP contribution >= 0.6 is 27.7 Å². The third-order valence-corrected chi connectivity index (χ3v) is 7.52. The molecule has 1 saturated heterocycles. The number of piperazine rings is 1. The number of aryl methyl sites for hydroxylation is 2. The van der Waals surface area contributed by atoms with Crippen LogP contribution in [0.2, 0.25) is 0 Å². The summed E-state index contributed by atoms with van der Waals surface area (Å²) in [6.45, 7) is 10.4. The first kappa shape index (κ1) is 23.5. The third kappa shape index (κ3) is 5.81. The number of halogens is 1. The highest BCUT2D eigenvalue weighted by molar-refractivity contribution is 9.10. The van der Waals surface area contributed by atoms with Gasteiger partial charge < -0.3 is 9.80 Å². The highest BCUT2D eigenvalue weighted by atomic mass is 79.9. The molecule has 5 nitrogen and oxygen atoms in total. The number of aromatic nitrogens is 2. The Morgan fingerprint density at radius 1 is 1.00 bits per heavy atom. The Morgan fingerprint density at radius 2 is 1.72 bits per heavy atom. The van der Waals surface area contributed by atoms with Crippen LogP contribution < -0.4 is 5.56 Å². The minimum Gasteiger partial charge on any atom is -0.304 e. The van der Waals surface area contributed by atoms with E-state index in [0.29, 0.717) is 11.9 Å². The summed E-state index contributed by atoms with van der Waals surface area (Å²) in [6.07, 6.45) is 0.946. The van der Waals surface area contributed by atoms with Gasteiger partial charge >= 0.3 is 0 Å². The molecule has 0 bridgehead atoms. The maximum Gasteiger partial charge on any atom is 0.262 e. The molecule has 32 heavy (non-hydrogen) atoms. The molecule has 4 rings (SSSR count). The van der Waals surface area contributed by atoms with Crippen LogP contribution in [0.1, 0.15) is 23.1 Å². The van der Waals surface area contributed by atoms with Gasteiger partial charge in [0.05, 0.1) is 10.9 Å². The predicted molar refractivity (Wildman–Crippen MR) is 138 cm³/mol. The SMILES string of the molecule is Cc1cc(C)cc(CSc2nc3ccc(Br)cc3c(=O)n2CCCN2CCN(C)CC2)c1. The van der Waals surface area contributed by atoms with Crippen LogP contribution in [-0.4, -0.2) is 59.1 Å². The molecular formula is C25H31BrN4OS. The third-order valence-electron chi connectivity index (χ3n) is 5.98. The lowest BCUT2D eigenvalue weighted by Crippen LogP contribution is -2.44. The summed E-state index contributed by atoms with van der Waals surface area (Å²) >= 11 is 5.16. The van der Waals surface area contributed by atoms with E-state index in [4.69, 9.17) is 4.98 Å². The van der Waals surface area contributed by atoms with Gasteiger partial charge in [-0.15, -0.1) is 0 Å². The van der Waals surface area contributed by atoms with Crippen LogP contribution in [0.3, 0.4) is 0 Å². The molecule has 0 spiro atoms. The maximum absolute atomic E-state index is 13.4. The Labute approximate surface area is 202 Å². The molecule has 170 valence electrons. The van der Waals surface area contributed by atoms with Crippen molar-refractivity contribution in [3.8, 4) is 0 Å². The molecule has 0 unspecified atom stereocenters. The Bertz CT molecular complexity index is 1130. The molecule has 1 fully saturated rings. The lowest BCUT2D eigenvalue weighted by Gasteiger charge is -2.32. The molecule has 0 atom stereocenters. The molecule has 2 aromatic carbocycles. The average molecular weight is 516 g/mol. The van der Waals surface area contributed by atoms with Gasteiger partial charge in [-0.05, 0) is 57.6 Å². The molecular weight excluding hydrogens is 484 g/mol. The molecule has 1 aromatic heterocycles. The number of nitrogens with zero attached hydrogens (tertiary/aromatic N) is 4. The first-order valence-electron chi connectivity index (χ1n) is 11.2. The lowest BCUT2D eigenvalue weighted by atomic mass is 10.1. The van der Waals surface area contributed by atoms with E-state index in [1.807, 2.05) is 22.8 Å². The molecule has 0 aliphatic carbocycles. The Morgan fingerprint density at radius 3 is 2.44 bits per heavy atom. The van der Waals surface area contributed by atoms with E-state index in [2.05, 4.69) is 64.8 Å². The van der Waals surface area contributed by atoms with E-state index in [0.717, 1.165) is 60.0 Å². The van der Waals surface area contributed by atoms with Crippen molar-refractivity contribution in [3.05, 3.63) is 67.9 Å². The van der Waals surface area contributed by atoms with Gasteiger partial charge in [-0.25, -0.2) is 4.98 Å². The van der Waals surface area contributed by atoms with Gasteiger partial charge in [0.15, 0.2) is 5.16 Å². The number of fused-ring (bicyclic) bond motifs is 1. The first-order valence-corrected chi connectivity index (χ1v) is 13.0. The molecule has 3 aromatic rings. The van der Waals surface area contributed by atoms with E-state index in [1.54, 1.807) is 11.8 Å². The zero-order chi connectivity index (χ0) is 22.7. The number of benzene rings is 2. The van der Waals surface area contributed by atoms with E-state index in [-0.39, 0.29) is 5.56 Å². The van der Waals surface area contributed by atoms with Crippen LogP contribution in [0, 0.1) is 13.8 Å². The number of hydrogen-bond acceptors (Lipinski definition) is 5. The van der Waals surface area contributed by atoms with Crippen LogP contribution in [0.25, 0.3) is 10.9 Å². The first-order chi connectivity index (χ1) is 15.4. The van der Waals surface area contributed by atoms with Gasteiger partial charge in [-0.3, -0.25) is 9.36 Å². The predicted octanol–water partition coefficient (Wildman–Crippen LogP) is 4.71. The van der Waals surface area contributed by atoms with Crippen molar-refractivity contribution in [2.75, 3.05) is 39.8 Å². The van der Waals surface area contributed by atoms with Crippen molar-refractivity contribution in [1.82, 2.24) is 19.4 Å². The average Bonchev–Trinajstić information content (AvgIpc) is 2.75. The second-order valence-corrected chi connectivity index (χ2v) is 10.7. The standard InChI is InChI=1S/C25H31BrN4OS/c1-18-13-19(2)15-20(14-18)17-32-25-27-23-6-5-21(26)16-22(23)24(31)30(25)8-4-7-29-11-9-28(3)10-12-29/h5-6,13-16H,4,7-12,17H2,1-3H3. The van der Waals surface area contributed by atoms with E-state index in [1.165, 1.54) is 16.7 Å². The lowest BCUT2D eigenvalue weighted by molar-refractivity contribution is 0.151. The Hall–Kier alpha value is -1.67. The molecule has 7 heteroatoms. The molecule has 1 aliphatic rings. The zero-order valence-corrected chi connectivity index (χ0v) is 21.5. The minimum atomic E-state index is 0.0533. The molecule has 0 radical (unpaired) electrons. The van der Waals surface area contributed by atoms with Crippen molar-refractivity contribution < 1.29 is 0 Å². The zero-order valence-electron chi connectivity index (χ0n) is 19.1. The van der Waals surface area contributed by atoms with Crippen LogP contribution in [0.5, 0.6) is 0 Å². The molecule has 2 heterocycles. The van der Waals surface area contributed by atoms with Gasteiger partial charge in [0, 0.05) is 42.9 Å². The summed E-state index contributed by atoms with van der Waals surface area (Å²) in [5, 5.41) is 1.48. The van der Waals surface area contributed by atoms with E-state index >= 15 is 0 Å². The highest BCUT2D eigenvalue weighted by Gasteiger charge is 2.15. The summed E-state index contributed by atoms with van der Waals surface area (Å²) in [7, 11) is 2.18. The van der Waals surface area contributed by atoms with Crippen molar-refractivity contribution in [2.45, 2.75) is 37.7 Å². The van der Waals surface area contributed by atoms with Gasteiger partial charge in [0.1, 0.15) is 0 Å². The monoisotopic (exact) mass is 514 g/mol. The fourth-order valence-electron chi connectivity index (χ4n) is 4.30. The maximum atomic E-state index is 13.4. The van der Waals surface area contributed by atoms with Gasteiger partial charge in [-0.2, -0.15) is 0 Å². The van der Waals surface area contributed by atoms with E-state index in [9.17, 15) is 4.79 Å². The minimum absolute atomic E-state index is 0.0533. The normalized spacial score (nSPS) is 15.5. The summed E-state index contributed by atoms with van der Waals surface area (Å²) in [5.41, 5.74) is 4.61. The number of hydrogen-bond donors (Lipinski definition) is 0. The van der Waals surface area contributed by atoms with Crippen LogP contribution in [-0.2, 0) is 12.3 Å². The number of likely N-dealkylation sites (N-methyl/N-ethyl adjacent to an activating group) is 1. The Kier molecular flexibility index (Phi) is 7.71. The van der Waals surface area contributed by atoms with Gasteiger partial charge in [0.25, 0.3) is 5.56 Å². The van der Waals surface area contributed by atoms with Crippen molar-refractivity contribution in [3.63, 3.8) is 0 Å². The second-order valence-electron chi connectivity index (χ2n) is 8.80. The summed E-state index contributed by atoms with van der Waals surface area (Å²) in [5.74, 6) is 0.801. The van der Waals surface area contributed by atoms with Crippen LogP contribution in [0.4, 0.5) is 0 Å². The summed E-state index contributed by atoms with van der Waals surface area (Å²) in [6, 6.07) is 12.4. The topological polar surface area (TPSA) is 41.4 Å². The van der Waals surface area contributed by atoms with Gasteiger partial charge in [-0.1, -0.05) is 57.0 Å².